The zero-order chi connectivity index (χ0) is 17.9. The third-order valence-corrected chi connectivity index (χ3v) is 5.46. The Bertz CT molecular complexity index is 855. The first kappa shape index (κ1) is 17.7. The van der Waals surface area contributed by atoms with Gasteiger partial charge in [0.05, 0.1) is 6.26 Å². The SMILES string of the molecule is CS(=O)(=O)N1CCc2c(cccc2NCCOc2ccccc2F)C1. The number of halogens is 1. The number of nitrogens with zero attached hydrogens (tertiary/aromatic N) is 1. The van der Waals surface area contributed by atoms with Crippen LogP contribution in [0.3, 0.4) is 0 Å². The van der Waals surface area contributed by atoms with Gasteiger partial charge in [-0.2, -0.15) is 4.31 Å². The molecule has 5 nitrogen and oxygen atoms in total. The van der Waals surface area contributed by atoms with E-state index in [1.165, 1.54) is 16.6 Å². The standard InChI is InChI=1S/C18H21FN2O3S/c1-25(22,23)21-11-9-15-14(13-21)5-4-7-17(15)20-10-12-24-18-8-3-2-6-16(18)19/h2-8,20H,9-13H2,1H3. The van der Waals surface area contributed by atoms with Crippen LogP contribution in [0, 0.1) is 5.82 Å². The highest BCUT2D eigenvalue weighted by molar-refractivity contribution is 7.88. The zero-order valence-corrected chi connectivity index (χ0v) is 14.9. The molecule has 0 unspecified atom stereocenters. The van der Waals surface area contributed by atoms with Gasteiger partial charge in [-0.15, -0.1) is 0 Å². The maximum atomic E-state index is 13.5. The van der Waals surface area contributed by atoms with Crippen LogP contribution in [0.2, 0.25) is 0 Å². The first-order valence-electron chi connectivity index (χ1n) is 8.12. The van der Waals surface area contributed by atoms with Crippen LogP contribution in [-0.2, 0) is 23.0 Å². The van der Waals surface area contributed by atoms with E-state index in [1.54, 1.807) is 18.2 Å². The van der Waals surface area contributed by atoms with Crippen LogP contribution in [0.1, 0.15) is 11.1 Å². The fourth-order valence-corrected chi connectivity index (χ4v) is 3.74. The molecule has 2 aromatic rings. The van der Waals surface area contributed by atoms with Crippen LogP contribution in [0.4, 0.5) is 10.1 Å². The number of nitrogens with one attached hydrogen (secondary N) is 1. The first-order chi connectivity index (χ1) is 11.9. The zero-order valence-electron chi connectivity index (χ0n) is 14.0. The molecular weight excluding hydrogens is 343 g/mol. The Morgan fingerprint density at radius 1 is 1.20 bits per heavy atom. The minimum atomic E-state index is -3.18. The number of ether oxygens (including phenoxy) is 1. The van der Waals surface area contributed by atoms with E-state index in [4.69, 9.17) is 4.74 Å². The number of rotatable bonds is 6. The maximum Gasteiger partial charge on any atom is 0.211 e. The Balaban J connectivity index is 1.60. The van der Waals surface area contributed by atoms with Gasteiger partial charge < -0.3 is 10.1 Å². The molecule has 0 fully saturated rings. The van der Waals surface area contributed by atoms with Crippen molar-refractivity contribution in [2.75, 3.05) is 31.3 Å². The van der Waals surface area contributed by atoms with Gasteiger partial charge in [-0.1, -0.05) is 24.3 Å². The summed E-state index contributed by atoms with van der Waals surface area (Å²) in [6, 6.07) is 12.1. The smallest absolute Gasteiger partial charge is 0.211 e. The molecule has 0 aliphatic carbocycles. The number of hydrogen-bond acceptors (Lipinski definition) is 4. The largest absolute Gasteiger partial charge is 0.489 e. The first-order valence-corrected chi connectivity index (χ1v) is 9.97. The summed E-state index contributed by atoms with van der Waals surface area (Å²) in [5, 5.41) is 3.30. The number of para-hydroxylation sites is 1. The van der Waals surface area contributed by atoms with E-state index < -0.39 is 10.0 Å². The highest BCUT2D eigenvalue weighted by Gasteiger charge is 2.24. The van der Waals surface area contributed by atoms with Crippen LogP contribution in [0.5, 0.6) is 5.75 Å². The van der Waals surface area contributed by atoms with Crippen molar-refractivity contribution in [3.63, 3.8) is 0 Å². The van der Waals surface area contributed by atoms with Crippen LogP contribution in [-0.4, -0.2) is 38.7 Å². The van der Waals surface area contributed by atoms with Crippen LogP contribution in [0.25, 0.3) is 0 Å². The molecule has 1 N–H and O–H groups in total. The van der Waals surface area contributed by atoms with Crippen molar-refractivity contribution < 1.29 is 17.5 Å². The Kier molecular flexibility index (Phi) is 5.24. The number of fused-ring (bicyclic) bond motifs is 1. The highest BCUT2D eigenvalue weighted by Crippen LogP contribution is 2.27. The molecule has 1 heterocycles. The molecule has 7 heteroatoms. The summed E-state index contributed by atoms with van der Waals surface area (Å²) >= 11 is 0. The van der Waals surface area contributed by atoms with Gasteiger partial charge in [0.2, 0.25) is 10.0 Å². The van der Waals surface area contributed by atoms with E-state index in [2.05, 4.69) is 5.32 Å². The molecule has 1 aliphatic heterocycles. The van der Waals surface area contributed by atoms with Crippen molar-refractivity contribution in [1.82, 2.24) is 4.31 Å². The molecule has 0 bridgehead atoms. The quantitative estimate of drug-likeness (QED) is 0.801. The third-order valence-electron chi connectivity index (χ3n) is 4.21. The number of sulfonamides is 1. The summed E-state index contributed by atoms with van der Waals surface area (Å²) in [6.45, 7) is 1.74. The summed E-state index contributed by atoms with van der Waals surface area (Å²) in [7, 11) is -3.18. The van der Waals surface area contributed by atoms with E-state index in [1.807, 2.05) is 18.2 Å². The fourth-order valence-electron chi connectivity index (χ4n) is 2.94. The van der Waals surface area contributed by atoms with Crippen LogP contribution in [0.15, 0.2) is 42.5 Å². The molecule has 134 valence electrons. The van der Waals surface area contributed by atoms with Crippen LogP contribution >= 0.6 is 0 Å². The lowest BCUT2D eigenvalue weighted by Crippen LogP contribution is -2.35. The molecule has 1 aliphatic rings. The van der Waals surface area contributed by atoms with E-state index in [0.717, 1.165) is 16.8 Å². The molecular formula is C18H21FN2O3S. The Labute approximate surface area is 147 Å². The van der Waals surface area contributed by atoms with Gasteiger partial charge in [0.1, 0.15) is 6.61 Å². The van der Waals surface area contributed by atoms with Gasteiger partial charge in [0, 0.05) is 25.3 Å². The molecule has 0 saturated heterocycles. The van der Waals surface area contributed by atoms with E-state index in [9.17, 15) is 12.8 Å². The molecule has 0 atom stereocenters. The number of anilines is 1. The van der Waals surface area contributed by atoms with Crippen molar-refractivity contribution in [3.8, 4) is 5.75 Å². The molecule has 0 spiro atoms. The molecule has 2 aromatic carbocycles. The van der Waals surface area contributed by atoms with Gasteiger partial charge in [-0.3, -0.25) is 0 Å². The molecule has 3 rings (SSSR count). The van der Waals surface area contributed by atoms with Crippen LogP contribution < -0.4 is 10.1 Å². The van der Waals surface area contributed by atoms with Gasteiger partial charge >= 0.3 is 0 Å². The van der Waals surface area contributed by atoms with Gasteiger partial charge in [-0.05, 0) is 35.7 Å². The minimum absolute atomic E-state index is 0.239. The third kappa shape index (κ3) is 4.29. The second-order valence-electron chi connectivity index (χ2n) is 6.00. The summed E-state index contributed by atoms with van der Waals surface area (Å²) < 4.78 is 43.9. The number of benzene rings is 2. The molecule has 0 amide bonds. The van der Waals surface area contributed by atoms with Crippen molar-refractivity contribution in [2.45, 2.75) is 13.0 Å². The Hall–Kier alpha value is -2.12. The molecule has 25 heavy (non-hydrogen) atoms. The highest BCUT2D eigenvalue weighted by atomic mass is 32.2. The topological polar surface area (TPSA) is 58.6 Å². The molecule has 0 aromatic heterocycles. The van der Waals surface area contributed by atoms with Gasteiger partial charge in [0.25, 0.3) is 0 Å². The van der Waals surface area contributed by atoms with E-state index in [0.29, 0.717) is 32.7 Å². The summed E-state index contributed by atoms with van der Waals surface area (Å²) in [5.74, 6) is -0.136. The normalized spacial score (nSPS) is 14.8. The monoisotopic (exact) mass is 364 g/mol. The fraction of sp³-hybridized carbons (Fsp3) is 0.333. The second-order valence-corrected chi connectivity index (χ2v) is 7.98. The molecule has 0 radical (unpaired) electrons. The van der Waals surface area contributed by atoms with E-state index >= 15 is 0 Å². The average molecular weight is 364 g/mol. The minimum Gasteiger partial charge on any atom is -0.489 e. The lowest BCUT2D eigenvalue weighted by Gasteiger charge is -2.28. The summed E-state index contributed by atoms with van der Waals surface area (Å²) in [4.78, 5) is 0. The number of hydrogen-bond donors (Lipinski definition) is 1. The van der Waals surface area contributed by atoms with Crippen molar-refractivity contribution in [1.29, 1.82) is 0 Å². The Morgan fingerprint density at radius 3 is 2.76 bits per heavy atom. The predicted molar refractivity (Wildman–Crippen MR) is 95.8 cm³/mol. The summed E-state index contributed by atoms with van der Waals surface area (Å²) in [6.07, 6.45) is 1.90. The van der Waals surface area contributed by atoms with E-state index in [-0.39, 0.29) is 11.6 Å². The lowest BCUT2D eigenvalue weighted by atomic mass is 9.99. The lowest BCUT2D eigenvalue weighted by molar-refractivity contribution is 0.315. The summed E-state index contributed by atoms with van der Waals surface area (Å²) in [5.41, 5.74) is 3.12. The van der Waals surface area contributed by atoms with Crippen molar-refractivity contribution in [3.05, 3.63) is 59.4 Å². The molecule has 0 saturated carbocycles. The van der Waals surface area contributed by atoms with Crippen molar-refractivity contribution >= 4 is 15.7 Å². The second kappa shape index (κ2) is 7.41. The Morgan fingerprint density at radius 2 is 2.00 bits per heavy atom. The van der Waals surface area contributed by atoms with Gasteiger partial charge in [0.15, 0.2) is 11.6 Å². The van der Waals surface area contributed by atoms with Gasteiger partial charge in [-0.25, -0.2) is 12.8 Å². The predicted octanol–water partition coefficient (Wildman–Crippen LogP) is 2.63. The van der Waals surface area contributed by atoms with Crippen molar-refractivity contribution in [2.24, 2.45) is 0 Å². The average Bonchev–Trinajstić information content (AvgIpc) is 2.59. The maximum absolute atomic E-state index is 13.5.